The first-order valence-corrected chi connectivity index (χ1v) is 10.3. The highest BCUT2D eigenvalue weighted by Crippen LogP contribution is 2.28. The molecule has 5 heteroatoms. The predicted molar refractivity (Wildman–Crippen MR) is 116 cm³/mol. The van der Waals surface area contributed by atoms with Crippen molar-refractivity contribution in [3.05, 3.63) is 53.1 Å². The molecule has 1 unspecified atom stereocenters. The van der Waals surface area contributed by atoms with Crippen LogP contribution in [-0.2, 0) is 11.2 Å². The molecule has 0 aliphatic rings. The minimum absolute atomic E-state index is 0.0741. The summed E-state index contributed by atoms with van der Waals surface area (Å²) in [6, 6.07) is 11.9. The smallest absolute Gasteiger partial charge is 0.261 e. The Balaban J connectivity index is 1.82. The molecule has 1 N–H and O–H groups in total. The van der Waals surface area contributed by atoms with E-state index in [1.165, 1.54) is 5.56 Å². The number of aryl methyl sites for hydroxylation is 3. The topological polar surface area (TPSA) is 56.8 Å². The summed E-state index contributed by atoms with van der Waals surface area (Å²) in [5.74, 6) is 2.15. The van der Waals surface area contributed by atoms with E-state index >= 15 is 0 Å². The quantitative estimate of drug-likeness (QED) is 0.560. The molecule has 0 radical (unpaired) electrons. The van der Waals surface area contributed by atoms with Gasteiger partial charge in [0.1, 0.15) is 5.75 Å². The summed E-state index contributed by atoms with van der Waals surface area (Å²) < 4.78 is 16.8. The Hall–Kier alpha value is -2.69. The van der Waals surface area contributed by atoms with E-state index in [0.717, 1.165) is 41.2 Å². The molecule has 0 aliphatic carbocycles. The number of benzene rings is 2. The van der Waals surface area contributed by atoms with Crippen molar-refractivity contribution in [2.45, 2.75) is 53.1 Å². The van der Waals surface area contributed by atoms with Crippen LogP contribution in [0.5, 0.6) is 17.2 Å². The number of rotatable bonds is 11. The standard InChI is InChI=1S/C24H33NO4/c1-6-21(29-20-12-10-17(3)18(4)15-20)24(26)25-14-8-9-19-11-13-22(28-7-2)23(16-19)27-5/h10-13,15-16,21H,6-9,14H2,1-5H3,(H,25,26). The van der Waals surface area contributed by atoms with Gasteiger partial charge in [-0.25, -0.2) is 0 Å². The van der Waals surface area contributed by atoms with Crippen LogP contribution >= 0.6 is 0 Å². The minimum Gasteiger partial charge on any atom is -0.493 e. The van der Waals surface area contributed by atoms with Crippen LogP contribution in [0, 0.1) is 13.8 Å². The largest absolute Gasteiger partial charge is 0.493 e. The first-order valence-electron chi connectivity index (χ1n) is 10.3. The third-order valence-electron chi connectivity index (χ3n) is 4.89. The first-order chi connectivity index (χ1) is 14.0. The molecular formula is C24H33NO4. The average molecular weight is 400 g/mol. The van der Waals surface area contributed by atoms with E-state index in [4.69, 9.17) is 14.2 Å². The first kappa shape index (κ1) is 22.6. The van der Waals surface area contributed by atoms with E-state index in [1.54, 1.807) is 7.11 Å². The van der Waals surface area contributed by atoms with E-state index < -0.39 is 6.10 Å². The molecule has 5 nitrogen and oxygen atoms in total. The lowest BCUT2D eigenvalue weighted by Crippen LogP contribution is -2.38. The molecule has 0 spiro atoms. The van der Waals surface area contributed by atoms with Crippen molar-refractivity contribution >= 4 is 5.91 Å². The van der Waals surface area contributed by atoms with Crippen molar-refractivity contribution in [3.63, 3.8) is 0 Å². The molecule has 29 heavy (non-hydrogen) atoms. The molecular weight excluding hydrogens is 366 g/mol. The van der Waals surface area contributed by atoms with Crippen molar-refractivity contribution in [2.24, 2.45) is 0 Å². The van der Waals surface area contributed by atoms with Crippen LogP contribution in [0.1, 0.15) is 43.4 Å². The zero-order valence-electron chi connectivity index (χ0n) is 18.2. The normalized spacial score (nSPS) is 11.6. The maximum atomic E-state index is 12.5. The molecule has 2 rings (SSSR count). The Morgan fingerprint density at radius 3 is 2.48 bits per heavy atom. The van der Waals surface area contributed by atoms with Crippen LogP contribution in [0.2, 0.25) is 0 Å². The highest BCUT2D eigenvalue weighted by molar-refractivity contribution is 5.81. The van der Waals surface area contributed by atoms with Crippen LogP contribution < -0.4 is 19.5 Å². The number of nitrogens with one attached hydrogen (secondary N) is 1. The summed E-state index contributed by atoms with van der Waals surface area (Å²) in [7, 11) is 1.64. The molecule has 1 amide bonds. The Morgan fingerprint density at radius 1 is 1.03 bits per heavy atom. The second-order valence-electron chi connectivity index (χ2n) is 7.07. The molecule has 1 atom stereocenters. The van der Waals surface area contributed by atoms with Gasteiger partial charge in [-0.2, -0.15) is 0 Å². The maximum Gasteiger partial charge on any atom is 0.261 e. The number of carbonyl (C=O) groups excluding carboxylic acids is 1. The van der Waals surface area contributed by atoms with Gasteiger partial charge in [0, 0.05) is 6.54 Å². The Labute approximate surface area is 174 Å². The van der Waals surface area contributed by atoms with Crippen LogP contribution in [0.3, 0.4) is 0 Å². The molecule has 0 saturated carbocycles. The SMILES string of the molecule is CCOc1ccc(CCCNC(=O)C(CC)Oc2ccc(C)c(C)c2)cc1OC. The minimum atomic E-state index is -0.484. The van der Waals surface area contributed by atoms with E-state index in [9.17, 15) is 4.79 Å². The molecule has 0 saturated heterocycles. The summed E-state index contributed by atoms with van der Waals surface area (Å²) in [4.78, 5) is 12.5. The fraction of sp³-hybridized carbons (Fsp3) is 0.458. The van der Waals surface area contributed by atoms with Gasteiger partial charge in [-0.15, -0.1) is 0 Å². The monoisotopic (exact) mass is 399 g/mol. The second kappa shape index (κ2) is 11.3. The van der Waals surface area contributed by atoms with E-state index in [2.05, 4.69) is 12.2 Å². The predicted octanol–water partition coefficient (Wildman–Crippen LogP) is 4.62. The summed E-state index contributed by atoms with van der Waals surface area (Å²) in [6.45, 7) is 9.20. The summed E-state index contributed by atoms with van der Waals surface area (Å²) in [5.41, 5.74) is 3.52. The van der Waals surface area contributed by atoms with Crippen molar-refractivity contribution in [1.82, 2.24) is 5.32 Å². The molecule has 0 fully saturated rings. The van der Waals surface area contributed by atoms with Gasteiger partial charge in [0.05, 0.1) is 13.7 Å². The van der Waals surface area contributed by atoms with Gasteiger partial charge in [-0.05, 0) is 81.0 Å². The number of carbonyl (C=O) groups is 1. The number of hydrogen-bond acceptors (Lipinski definition) is 4. The van der Waals surface area contributed by atoms with Crippen LogP contribution in [0.4, 0.5) is 0 Å². The van der Waals surface area contributed by atoms with Crippen molar-refractivity contribution in [1.29, 1.82) is 0 Å². The van der Waals surface area contributed by atoms with Gasteiger partial charge in [0.25, 0.3) is 5.91 Å². The number of ether oxygens (including phenoxy) is 3. The molecule has 0 heterocycles. The zero-order chi connectivity index (χ0) is 21.2. The van der Waals surface area contributed by atoms with Crippen LogP contribution in [0.15, 0.2) is 36.4 Å². The van der Waals surface area contributed by atoms with Crippen molar-refractivity contribution < 1.29 is 19.0 Å². The van der Waals surface area contributed by atoms with Gasteiger partial charge in [0.15, 0.2) is 17.6 Å². The third kappa shape index (κ3) is 6.70. The van der Waals surface area contributed by atoms with Gasteiger partial charge >= 0.3 is 0 Å². The zero-order valence-corrected chi connectivity index (χ0v) is 18.2. The number of methoxy groups -OCH3 is 1. The fourth-order valence-electron chi connectivity index (χ4n) is 3.03. The Morgan fingerprint density at radius 2 is 1.83 bits per heavy atom. The van der Waals surface area contributed by atoms with Crippen LogP contribution in [0.25, 0.3) is 0 Å². The van der Waals surface area contributed by atoms with E-state index in [1.807, 2.05) is 57.2 Å². The third-order valence-corrected chi connectivity index (χ3v) is 4.89. The lowest BCUT2D eigenvalue weighted by Gasteiger charge is -2.18. The summed E-state index contributed by atoms with van der Waals surface area (Å²) in [6.07, 6.45) is 1.82. The molecule has 2 aromatic carbocycles. The van der Waals surface area contributed by atoms with Crippen molar-refractivity contribution in [3.8, 4) is 17.2 Å². The number of amides is 1. The molecule has 0 bridgehead atoms. The van der Waals surface area contributed by atoms with Gasteiger partial charge < -0.3 is 19.5 Å². The average Bonchev–Trinajstić information content (AvgIpc) is 2.72. The molecule has 158 valence electrons. The molecule has 0 aliphatic heterocycles. The molecule has 0 aromatic heterocycles. The highest BCUT2D eigenvalue weighted by atomic mass is 16.5. The van der Waals surface area contributed by atoms with Gasteiger partial charge in [-0.3, -0.25) is 4.79 Å². The van der Waals surface area contributed by atoms with Gasteiger partial charge in [0.2, 0.25) is 0 Å². The van der Waals surface area contributed by atoms with Crippen LogP contribution in [-0.4, -0.2) is 32.3 Å². The van der Waals surface area contributed by atoms with Gasteiger partial charge in [-0.1, -0.05) is 19.1 Å². The fourth-order valence-corrected chi connectivity index (χ4v) is 3.03. The lowest BCUT2D eigenvalue weighted by atomic mass is 10.1. The van der Waals surface area contributed by atoms with E-state index in [-0.39, 0.29) is 5.91 Å². The van der Waals surface area contributed by atoms with Crippen molar-refractivity contribution in [2.75, 3.05) is 20.3 Å². The Kier molecular flexibility index (Phi) is 8.84. The maximum absolute atomic E-state index is 12.5. The summed E-state index contributed by atoms with van der Waals surface area (Å²) >= 11 is 0. The number of hydrogen-bond donors (Lipinski definition) is 1. The molecule has 2 aromatic rings. The lowest BCUT2D eigenvalue weighted by molar-refractivity contribution is -0.128. The second-order valence-corrected chi connectivity index (χ2v) is 7.07. The summed E-state index contributed by atoms with van der Waals surface area (Å²) in [5, 5.41) is 2.99. The van der Waals surface area contributed by atoms with E-state index in [0.29, 0.717) is 19.6 Å². The highest BCUT2D eigenvalue weighted by Gasteiger charge is 2.18. The Bertz CT molecular complexity index is 803.